The Morgan fingerprint density at radius 1 is 1.38 bits per heavy atom. The van der Waals surface area contributed by atoms with E-state index in [9.17, 15) is 9.59 Å². The fourth-order valence-corrected chi connectivity index (χ4v) is 2.50. The highest BCUT2D eigenvalue weighted by molar-refractivity contribution is 5.91. The van der Waals surface area contributed by atoms with Gasteiger partial charge in [0.05, 0.1) is 0 Å². The van der Waals surface area contributed by atoms with Crippen LogP contribution >= 0.6 is 0 Å². The van der Waals surface area contributed by atoms with Crippen molar-refractivity contribution in [3.8, 4) is 0 Å². The Labute approximate surface area is 123 Å². The summed E-state index contributed by atoms with van der Waals surface area (Å²) in [6.45, 7) is 3.12. The standard InChI is InChI=1S/C15H19N3O3/c1-11(19)16-13-8-9-18(10-13)14-5-3-2-4-12(14)6-7-15(20)17-21/h2-7,13,21H,8-10H2,1H3,(H,16,19)(H,17,20)/b7-6+. The summed E-state index contributed by atoms with van der Waals surface area (Å²) in [5, 5.41) is 11.4. The molecule has 0 radical (unpaired) electrons. The van der Waals surface area contributed by atoms with Gasteiger partial charge < -0.3 is 10.2 Å². The number of carbonyl (C=O) groups excluding carboxylic acids is 2. The molecule has 0 aromatic heterocycles. The largest absolute Gasteiger partial charge is 0.369 e. The zero-order valence-corrected chi connectivity index (χ0v) is 11.9. The first kappa shape index (κ1) is 15.1. The van der Waals surface area contributed by atoms with E-state index >= 15 is 0 Å². The van der Waals surface area contributed by atoms with Gasteiger partial charge in [-0.25, -0.2) is 5.48 Å². The van der Waals surface area contributed by atoms with Crippen LogP contribution in [0.3, 0.4) is 0 Å². The van der Waals surface area contributed by atoms with E-state index in [4.69, 9.17) is 5.21 Å². The zero-order valence-electron chi connectivity index (χ0n) is 11.9. The summed E-state index contributed by atoms with van der Waals surface area (Å²) in [5.41, 5.74) is 3.47. The van der Waals surface area contributed by atoms with E-state index in [1.165, 1.54) is 13.0 Å². The highest BCUT2D eigenvalue weighted by Gasteiger charge is 2.24. The first-order valence-corrected chi connectivity index (χ1v) is 6.83. The summed E-state index contributed by atoms with van der Waals surface area (Å²) >= 11 is 0. The predicted octanol–water partition coefficient (Wildman–Crippen LogP) is 0.920. The fraction of sp³-hybridized carbons (Fsp3) is 0.333. The zero-order chi connectivity index (χ0) is 15.2. The van der Waals surface area contributed by atoms with Crippen molar-refractivity contribution in [3.63, 3.8) is 0 Å². The molecule has 1 unspecified atom stereocenters. The van der Waals surface area contributed by atoms with Gasteiger partial charge in [0.25, 0.3) is 5.91 Å². The Balaban J connectivity index is 2.12. The molecule has 2 amide bonds. The molecular formula is C15H19N3O3. The average molecular weight is 289 g/mol. The molecule has 0 aliphatic carbocycles. The third kappa shape index (κ3) is 4.06. The van der Waals surface area contributed by atoms with Crippen molar-refractivity contribution in [1.29, 1.82) is 0 Å². The van der Waals surface area contributed by atoms with Crippen molar-refractivity contribution in [2.45, 2.75) is 19.4 Å². The summed E-state index contributed by atoms with van der Waals surface area (Å²) in [5.74, 6) is -0.586. The third-order valence-electron chi connectivity index (χ3n) is 3.40. The van der Waals surface area contributed by atoms with Gasteiger partial charge in [0.2, 0.25) is 5.91 Å². The van der Waals surface area contributed by atoms with Crippen LogP contribution in [0.25, 0.3) is 6.08 Å². The Morgan fingerprint density at radius 3 is 2.86 bits per heavy atom. The molecule has 1 aromatic rings. The molecule has 0 saturated carbocycles. The number of benzene rings is 1. The molecule has 1 heterocycles. The van der Waals surface area contributed by atoms with Gasteiger partial charge in [-0.2, -0.15) is 0 Å². The summed E-state index contributed by atoms with van der Waals surface area (Å²) in [6.07, 6.45) is 3.83. The van der Waals surface area contributed by atoms with Crippen LogP contribution in [0, 0.1) is 0 Å². The lowest BCUT2D eigenvalue weighted by atomic mass is 10.1. The Hall–Kier alpha value is -2.34. The predicted molar refractivity (Wildman–Crippen MR) is 79.8 cm³/mol. The number of amides is 2. The van der Waals surface area contributed by atoms with E-state index < -0.39 is 5.91 Å². The number of nitrogens with one attached hydrogen (secondary N) is 2. The van der Waals surface area contributed by atoms with E-state index in [2.05, 4.69) is 10.2 Å². The van der Waals surface area contributed by atoms with E-state index in [-0.39, 0.29) is 11.9 Å². The maximum absolute atomic E-state index is 11.1. The smallest absolute Gasteiger partial charge is 0.267 e. The average Bonchev–Trinajstić information content (AvgIpc) is 2.92. The van der Waals surface area contributed by atoms with Crippen LogP contribution in [0.15, 0.2) is 30.3 Å². The minimum Gasteiger partial charge on any atom is -0.369 e. The molecule has 21 heavy (non-hydrogen) atoms. The quantitative estimate of drug-likeness (QED) is 0.437. The van der Waals surface area contributed by atoms with Gasteiger partial charge in [0.1, 0.15) is 0 Å². The third-order valence-corrected chi connectivity index (χ3v) is 3.40. The van der Waals surface area contributed by atoms with Crippen LogP contribution in [0.4, 0.5) is 5.69 Å². The van der Waals surface area contributed by atoms with Gasteiger partial charge >= 0.3 is 0 Å². The van der Waals surface area contributed by atoms with E-state index in [0.29, 0.717) is 0 Å². The Kier molecular flexibility index (Phi) is 4.94. The number of anilines is 1. The number of rotatable bonds is 4. The van der Waals surface area contributed by atoms with E-state index in [1.807, 2.05) is 24.3 Å². The van der Waals surface area contributed by atoms with Crippen LogP contribution in [0.2, 0.25) is 0 Å². The number of hydrogen-bond acceptors (Lipinski definition) is 4. The molecule has 2 rings (SSSR count). The van der Waals surface area contributed by atoms with Gasteiger partial charge in [-0.05, 0) is 24.1 Å². The van der Waals surface area contributed by atoms with Gasteiger partial charge in [-0.1, -0.05) is 18.2 Å². The van der Waals surface area contributed by atoms with Crippen molar-refractivity contribution in [2.24, 2.45) is 0 Å². The van der Waals surface area contributed by atoms with Crippen molar-refractivity contribution in [1.82, 2.24) is 10.8 Å². The molecular weight excluding hydrogens is 270 g/mol. The minimum atomic E-state index is -0.567. The molecule has 1 saturated heterocycles. The van der Waals surface area contributed by atoms with Crippen LogP contribution in [-0.2, 0) is 9.59 Å². The summed E-state index contributed by atoms with van der Waals surface area (Å²) in [4.78, 5) is 24.4. The number of hydroxylamine groups is 1. The van der Waals surface area contributed by atoms with E-state index in [1.54, 1.807) is 11.6 Å². The SMILES string of the molecule is CC(=O)NC1CCN(c2ccccc2/C=C/C(=O)NO)C1. The maximum Gasteiger partial charge on any atom is 0.267 e. The number of hydrogen-bond donors (Lipinski definition) is 3. The molecule has 1 aliphatic heterocycles. The summed E-state index contributed by atoms with van der Waals surface area (Å²) in [6, 6.07) is 7.86. The van der Waals surface area contributed by atoms with Crippen LogP contribution < -0.4 is 15.7 Å². The normalized spacial score (nSPS) is 18.0. The second-order valence-electron chi connectivity index (χ2n) is 5.00. The first-order chi connectivity index (χ1) is 10.1. The topological polar surface area (TPSA) is 81.7 Å². The van der Waals surface area contributed by atoms with Gasteiger partial charge in [0, 0.05) is 37.8 Å². The number of para-hydroxylation sites is 1. The molecule has 6 heteroatoms. The molecule has 1 fully saturated rings. The lowest BCUT2D eigenvalue weighted by Crippen LogP contribution is -2.35. The lowest BCUT2D eigenvalue weighted by molar-refractivity contribution is -0.124. The van der Waals surface area contributed by atoms with Gasteiger partial charge in [-0.15, -0.1) is 0 Å². The molecule has 1 atom stereocenters. The second kappa shape index (κ2) is 6.90. The summed E-state index contributed by atoms with van der Waals surface area (Å²) in [7, 11) is 0. The Bertz CT molecular complexity index is 557. The van der Waals surface area contributed by atoms with E-state index in [0.717, 1.165) is 30.8 Å². The highest BCUT2D eigenvalue weighted by atomic mass is 16.5. The lowest BCUT2D eigenvalue weighted by Gasteiger charge is -2.21. The maximum atomic E-state index is 11.1. The molecule has 0 bridgehead atoms. The molecule has 1 aliphatic rings. The van der Waals surface area contributed by atoms with Crippen LogP contribution in [-0.4, -0.2) is 36.2 Å². The molecule has 6 nitrogen and oxygen atoms in total. The van der Waals surface area contributed by atoms with Crippen molar-refractivity contribution in [3.05, 3.63) is 35.9 Å². The van der Waals surface area contributed by atoms with Crippen LogP contribution in [0.5, 0.6) is 0 Å². The van der Waals surface area contributed by atoms with Gasteiger partial charge in [0.15, 0.2) is 0 Å². The number of carbonyl (C=O) groups is 2. The Morgan fingerprint density at radius 2 is 2.14 bits per heavy atom. The van der Waals surface area contributed by atoms with Crippen molar-refractivity contribution in [2.75, 3.05) is 18.0 Å². The second-order valence-corrected chi connectivity index (χ2v) is 5.00. The monoisotopic (exact) mass is 289 g/mol. The molecule has 3 N–H and O–H groups in total. The fourth-order valence-electron chi connectivity index (χ4n) is 2.50. The molecule has 1 aromatic carbocycles. The molecule has 112 valence electrons. The van der Waals surface area contributed by atoms with Crippen molar-refractivity contribution < 1.29 is 14.8 Å². The van der Waals surface area contributed by atoms with Crippen LogP contribution in [0.1, 0.15) is 18.9 Å². The van der Waals surface area contributed by atoms with Gasteiger partial charge in [-0.3, -0.25) is 14.8 Å². The highest BCUT2D eigenvalue weighted by Crippen LogP contribution is 2.25. The summed E-state index contributed by atoms with van der Waals surface area (Å²) < 4.78 is 0. The molecule has 0 spiro atoms. The van der Waals surface area contributed by atoms with Crippen molar-refractivity contribution >= 4 is 23.6 Å². The number of nitrogens with zero attached hydrogens (tertiary/aromatic N) is 1. The minimum absolute atomic E-state index is 0.0188. The first-order valence-electron chi connectivity index (χ1n) is 6.83.